The van der Waals surface area contributed by atoms with Crippen molar-refractivity contribution < 1.29 is 14.5 Å². The molecule has 0 aromatic heterocycles. The lowest BCUT2D eigenvalue weighted by Crippen LogP contribution is -2.27. The third kappa shape index (κ3) is 4.99. The zero-order chi connectivity index (χ0) is 15.0. The summed E-state index contributed by atoms with van der Waals surface area (Å²) in [6.07, 6.45) is 2.50. The Morgan fingerprint density at radius 1 is 1.50 bits per heavy atom. The number of carbonyl (C=O) groups excluding carboxylic acids is 1. The number of ether oxygens (including phenoxy) is 1. The summed E-state index contributed by atoms with van der Waals surface area (Å²) in [7, 11) is 0. The van der Waals surface area contributed by atoms with E-state index in [0.717, 1.165) is 12.5 Å². The largest absolute Gasteiger partial charge is 0.379 e. The van der Waals surface area contributed by atoms with Crippen LogP contribution in [0.5, 0.6) is 0 Å². The van der Waals surface area contributed by atoms with Crippen molar-refractivity contribution in [2.75, 3.05) is 19.8 Å². The minimum absolute atomic E-state index is 0.0456. The van der Waals surface area contributed by atoms with Gasteiger partial charge in [0.25, 0.3) is 11.6 Å². The number of halogens is 1. The van der Waals surface area contributed by atoms with Gasteiger partial charge >= 0.3 is 0 Å². The smallest absolute Gasteiger partial charge is 0.270 e. The highest BCUT2D eigenvalue weighted by Gasteiger charge is 2.14. The average Bonchev–Trinajstić information content (AvgIpc) is 2.42. The highest BCUT2D eigenvalue weighted by atomic mass is 35.5. The van der Waals surface area contributed by atoms with E-state index in [2.05, 4.69) is 11.9 Å². The molecule has 1 aromatic carbocycles. The molecule has 20 heavy (non-hydrogen) atoms. The molecule has 1 rings (SSSR count). The van der Waals surface area contributed by atoms with Crippen molar-refractivity contribution in [2.45, 2.75) is 6.42 Å². The molecule has 0 saturated carbocycles. The average molecular weight is 299 g/mol. The third-order valence-electron chi connectivity index (χ3n) is 2.41. The van der Waals surface area contributed by atoms with Crippen LogP contribution in [0.3, 0.4) is 0 Å². The molecule has 0 aliphatic heterocycles. The molecule has 0 aliphatic carbocycles. The Labute approximate surface area is 121 Å². The number of rotatable bonds is 8. The number of nitrogens with zero attached hydrogens (tertiary/aromatic N) is 1. The van der Waals surface area contributed by atoms with E-state index in [0.29, 0.717) is 19.8 Å². The van der Waals surface area contributed by atoms with Gasteiger partial charge in [0.2, 0.25) is 0 Å². The molecular formula is C13H15ClN2O4. The predicted octanol–water partition coefficient (Wildman–Crippen LogP) is 2.57. The van der Waals surface area contributed by atoms with E-state index in [4.69, 9.17) is 16.3 Å². The highest BCUT2D eigenvalue weighted by Crippen LogP contribution is 2.22. The summed E-state index contributed by atoms with van der Waals surface area (Å²) in [5.74, 6) is -0.391. The van der Waals surface area contributed by atoms with Crippen molar-refractivity contribution in [1.82, 2.24) is 5.32 Å². The van der Waals surface area contributed by atoms with Crippen molar-refractivity contribution in [1.29, 1.82) is 0 Å². The number of nitro groups is 1. The maximum Gasteiger partial charge on any atom is 0.270 e. The van der Waals surface area contributed by atoms with Gasteiger partial charge < -0.3 is 10.1 Å². The number of nitro benzene ring substituents is 1. The molecule has 0 heterocycles. The fraction of sp³-hybridized carbons (Fsp3) is 0.308. The molecular weight excluding hydrogens is 284 g/mol. The second kappa shape index (κ2) is 8.29. The van der Waals surface area contributed by atoms with Crippen molar-refractivity contribution in [3.8, 4) is 0 Å². The zero-order valence-corrected chi connectivity index (χ0v) is 11.6. The van der Waals surface area contributed by atoms with Gasteiger partial charge in [-0.25, -0.2) is 0 Å². The van der Waals surface area contributed by atoms with Crippen LogP contribution in [0.25, 0.3) is 0 Å². The van der Waals surface area contributed by atoms with Gasteiger partial charge in [0.05, 0.1) is 28.7 Å². The van der Waals surface area contributed by atoms with Crippen molar-refractivity contribution in [3.05, 3.63) is 51.6 Å². The van der Waals surface area contributed by atoms with E-state index in [1.54, 1.807) is 6.08 Å². The minimum atomic E-state index is -0.568. The van der Waals surface area contributed by atoms with E-state index in [1.165, 1.54) is 12.1 Å². The lowest BCUT2D eigenvalue weighted by atomic mass is 10.2. The van der Waals surface area contributed by atoms with Crippen LogP contribution in [-0.4, -0.2) is 30.6 Å². The molecule has 0 saturated heterocycles. The van der Waals surface area contributed by atoms with Crippen LogP contribution in [0.2, 0.25) is 5.02 Å². The van der Waals surface area contributed by atoms with Crippen molar-refractivity contribution in [3.63, 3.8) is 0 Å². The van der Waals surface area contributed by atoms with Crippen LogP contribution in [0, 0.1) is 10.1 Å². The summed E-state index contributed by atoms with van der Waals surface area (Å²) in [6, 6.07) is 3.72. The van der Waals surface area contributed by atoms with Gasteiger partial charge in [0.15, 0.2) is 0 Å². The molecule has 0 spiro atoms. The molecule has 1 aromatic rings. The summed E-state index contributed by atoms with van der Waals surface area (Å²) < 4.78 is 5.23. The Morgan fingerprint density at radius 2 is 2.25 bits per heavy atom. The van der Waals surface area contributed by atoms with Crippen LogP contribution in [0.1, 0.15) is 16.8 Å². The van der Waals surface area contributed by atoms with Crippen LogP contribution < -0.4 is 5.32 Å². The quantitative estimate of drug-likeness (QED) is 0.346. The van der Waals surface area contributed by atoms with E-state index in [1.807, 2.05) is 0 Å². The lowest BCUT2D eigenvalue weighted by molar-refractivity contribution is -0.384. The van der Waals surface area contributed by atoms with Gasteiger partial charge in [-0.1, -0.05) is 17.7 Å². The van der Waals surface area contributed by atoms with Crippen LogP contribution in [0.15, 0.2) is 30.9 Å². The Bertz CT molecular complexity index is 505. The maximum absolute atomic E-state index is 11.8. The first-order chi connectivity index (χ1) is 9.56. The number of nitrogens with one attached hydrogen (secondary N) is 1. The predicted molar refractivity (Wildman–Crippen MR) is 76.1 cm³/mol. The Morgan fingerprint density at radius 3 is 2.85 bits per heavy atom. The minimum Gasteiger partial charge on any atom is -0.379 e. The zero-order valence-electron chi connectivity index (χ0n) is 10.8. The third-order valence-corrected chi connectivity index (χ3v) is 2.72. The summed E-state index contributed by atoms with van der Waals surface area (Å²) >= 11 is 5.84. The van der Waals surface area contributed by atoms with Crippen molar-refractivity contribution >= 4 is 23.2 Å². The summed E-state index contributed by atoms with van der Waals surface area (Å²) in [5.41, 5.74) is 0.0441. The maximum atomic E-state index is 11.8. The van der Waals surface area contributed by atoms with Crippen LogP contribution in [0.4, 0.5) is 5.69 Å². The Kier molecular flexibility index (Phi) is 6.69. The monoisotopic (exact) mass is 298 g/mol. The normalized spacial score (nSPS) is 10.1. The molecule has 0 radical (unpaired) electrons. The second-order valence-electron chi connectivity index (χ2n) is 3.87. The molecule has 0 aliphatic rings. The summed E-state index contributed by atoms with van der Waals surface area (Å²) in [5, 5.41) is 13.2. The molecule has 0 fully saturated rings. The van der Waals surface area contributed by atoms with Crippen LogP contribution in [-0.2, 0) is 4.74 Å². The van der Waals surface area contributed by atoms with Crippen LogP contribution >= 0.6 is 11.6 Å². The van der Waals surface area contributed by atoms with E-state index >= 15 is 0 Å². The van der Waals surface area contributed by atoms with E-state index in [-0.39, 0.29) is 16.3 Å². The fourth-order valence-corrected chi connectivity index (χ4v) is 1.66. The summed E-state index contributed by atoms with van der Waals surface area (Å²) in [4.78, 5) is 21.8. The Hall–Kier alpha value is -1.92. The van der Waals surface area contributed by atoms with Gasteiger partial charge in [0.1, 0.15) is 0 Å². The number of hydrogen-bond donors (Lipinski definition) is 1. The SMILES string of the molecule is C=CCCOCCNC(=O)c1ccc([N+](=O)[O-])cc1Cl. The highest BCUT2D eigenvalue weighted by molar-refractivity contribution is 6.34. The van der Waals surface area contributed by atoms with E-state index in [9.17, 15) is 14.9 Å². The first-order valence-corrected chi connectivity index (χ1v) is 6.35. The van der Waals surface area contributed by atoms with Gasteiger partial charge in [0, 0.05) is 18.7 Å². The fourth-order valence-electron chi connectivity index (χ4n) is 1.40. The molecule has 6 nitrogen and oxygen atoms in total. The number of hydrogen-bond acceptors (Lipinski definition) is 4. The number of non-ortho nitro benzene ring substituents is 1. The number of benzene rings is 1. The topological polar surface area (TPSA) is 81.5 Å². The first-order valence-electron chi connectivity index (χ1n) is 5.97. The Balaban J connectivity index is 2.47. The lowest BCUT2D eigenvalue weighted by Gasteiger charge is -2.07. The number of amides is 1. The molecule has 1 N–H and O–H groups in total. The molecule has 7 heteroatoms. The molecule has 1 amide bonds. The number of carbonyl (C=O) groups is 1. The second-order valence-corrected chi connectivity index (χ2v) is 4.27. The summed E-state index contributed by atoms with van der Waals surface area (Å²) in [6.45, 7) is 4.83. The first kappa shape index (κ1) is 16.1. The molecule has 0 unspecified atom stereocenters. The van der Waals surface area contributed by atoms with Gasteiger partial charge in [-0.2, -0.15) is 0 Å². The molecule has 108 valence electrons. The van der Waals surface area contributed by atoms with Crippen molar-refractivity contribution in [2.24, 2.45) is 0 Å². The van der Waals surface area contributed by atoms with Gasteiger partial charge in [-0.3, -0.25) is 14.9 Å². The molecule has 0 atom stereocenters. The van der Waals surface area contributed by atoms with Gasteiger partial charge in [-0.05, 0) is 12.5 Å². The molecule has 0 bridgehead atoms. The van der Waals surface area contributed by atoms with E-state index < -0.39 is 10.8 Å². The van der Waals surface area contributed by atoms with Gasteiger partial charge in [-0.15, -0.1) is 6.58 Å². The standard InChI is InChI=1S/C13H15ClN2O4/c1-2-3-7-20-8-6-15-13(17)11-5-4-10(16(18)19)9-12(11)14/h2,4-5,9H,1,3,6-8H2,(H,15,17).